The van der Waals surface area contributed by atoms with E-state index in [-0.39, 0.29) is 11.7 Å². The summed E-state index contributed by atoms with van der Waals surface area (Å²) in [4.78, 5) is 16.8. The van der Waals surface area contributed by atoms with Crippen LogP contribution in [0, 0.1) is 5.82 Å². The molecule has 5 nitrogen and oxygen atoms in total. The van der Waals surface area contributed by atoms with E-state index in [2.05, 4.69) is 4.90 Å². The first-order chi connectivity index (χ1) is 13.7. The second kappa shape index (κ2) is 10.1. The van der Waals surface area contributed by atoms with E-state index in [0.717, 1.165) is 50.5 Å². The summed E-state index contributed by atoms with van der Waals surface area (Å²) in [5, 5.41) is 0. The summed E-state index contributed by atoms with van der Waals surface area (Å²) in [5.41, 5.74) is 0.544. The zero-order valence-corrected chi connectivity index (χ0v) is 16.3. The van der Waals surface area contributed by atoms with Crippen molar-refractivity contribution in [3.05, 3.63) is 59.9 Å². The van der Waals surface area contributed by atoms with Crippen LogP contribution in [-0.2, 0) is 0 Å². The molecule has 2 aromatic carbocycles. The molecular formula is C22H27FN2O3. The van der Waals surface area contributed by atoms with Gasteiger partial charge in [-0.2, -0.15) is 0 Å². The molecule has 3 rings (SSSR count). The lowest BCUT2D eigenvalue weighted by Gasteiger charge is -2.22. The molecule has 0 aromatic heterocycles. The number of benzene rings is 2. The summed E-state index contributed by atoms with van der Waals surface area (Å²) < 4.78 is 24.0. The topological polar surface area (TPSA) is 42.0 Å². The van der Waals surface area contributed by atoms with E-state index in [1.54, 1.807) is 19.2 Å². The minimum absolute atomic E-state index is 0.0234. The lowest BCUT2D eigenvalue weighted by Crippen LogP contribution is -2.35. The average molecular weight is 386 g/mol. The Bertz CT molecular complexity index is 749. The number of nitrogens with zero attached hydrogens (tertiary/aromatic N) is 2. The van der Waals surface area contributed by atoms with Crippen molar-refractivity contribution in [1.82, 2.24) is 9.80 Å². The molecule has 0 N–H and O–H groups in total. The summed E-state index contributed by atoms with van der Waals surface area (Å²) in [6.07, 6.45) is 1.87. The van der Waals surface area contributed by atoms with Crippen molar-refractivity contribution in [2.75, 3.05) is 46.4 Å². The molecule has 1 fully saturated rings. The van der Waals surface area contributed by atoms with Crippen LogP contribution in [0.1, 0.15) is 23.2 Å². The van der Waals surface area contributed by atoms with Crippen molar-refractivity contribution in [3.8, 4) is 11.5 Å². The van der Waals surface area contributed by atoms with E-state index in [4.69, 9.17) is 9.47 Å². The van der Waals surface area contributed by atoms with Crippen LogP contribution < -0.4 is 9.47 Å². The van der Waals surface area contributed by atoms with Crippen molar-refractivity contribution in [2.24, 2.45) is 0 Å². The van der Waals surface area contributed by atoms with Gasteiger partial charge in [-0.15, -0.1) is 0 Å². The van der Waals surface area contributed by atoms with Crippen LogP contribution in [0.4, 0.5) is 4.39 Å². The van der Waals surface area contributed by atoms with Gasteiger partial charge in [0.25, 0.3) is 5.91 Å². The van der Waals surface area contributed by atoms with E-state index in [9.17, 15) is 9.18 Å². The fourth-order valence-electron chi connectivity index (χ4n) is 3.32. The zero-order valence-electron chi connectivity index (χ0n) is 16.3. The number of rotatable bonds is 7. The number of hydrogen-bond acceptors (Lipinski definition) is 4. The molecule has 0 radical (unpaired) electrons. The first-order valence-electron chi connectivity index (χ1n) is 9.70. The number of methoxy groups -OCH3 is 1. The van der Waals surface area contributed by atoms with Gasteiger partial charge in [0.2, 0.25) is 0 Å². The summed E-state index contributed by atoms with van der Waals surface area (Å²) >= 11 is 0. The molecule has 0 spiro atoms. The van der Waals surface area contributed by atoms with Crippen molar-refractivity contribution in [2.45, 2.75) is 12.8 Å². The van der Waals surface area contributed by atoms with Crippen LogP contribution in [0.5, 0.6) is 11.5 Å². The fraction of sp³-hybridized carbons (Fsp3) is 0.409. The highest BCUT2D eigenvalue weighted by Crippen LogP contribution is 2.17. The molecular weight excluding hydrogens is 359 g/mol. The van der Waals surface area contributed by atoms with E-state index >= 15 is 0 Å². The highest BCUT2D eigenvalue weighted by molar-refractivity contribution is 5.94. The van der Waals surface area contributed by atoms with Crippen molar-refractivity contribution >= 4 is 5.91 Å². The number of amides is 1. The zero-order chi connectivity index (χ0) is 19.8. The Balaban J connectivity index is 1.39. The normalized spacial score (nSPS) is 15.1. The molecule has 2 aromatic rings. The maximum Gasteiger partial charge on any atom is 0.253 e. The predicted molar refractivity (Wildman–Crippen MR) is 106 cm³/mol. The first-order valence-corrected chi connectivity index (χ1v) is 9.70. The van der Waals surface area contributed by atoms with Gasteiger partial charge in [0.15, 0.2) is 0 Å². The van der Waals surface area contributed by atoms with Crippen LogP contribution in [0.25, 0.3) is 0 Å². The molecule has 0 aliphatic carbocycles. The molecule has 28 heavy (non-hydrogen) atoms. The van der Waals surface area contributed by atoms with E-state index in [1.165, 1.54) is 12.1 Å². The molecule has 0 bridgehead atoms. The van der Waals surface area contributed by atoms with Gasteiger partial charge >= 0.3 is 0 Å². The number of ether oxygens (including phenoxy) is 2. The maximum atomic E-state index is 13.1. The Morgan fingerprint density at radius 1 is 0.964 bits per heavy atom. The minimum Gasteiger partial charge on any atom is -0.497 e. The average Bonchev–Trinajstić information content (AvgIpc) is 2.97. The van der Waals surface area contributed by atoms with Gasteiger partial charge in [-0.05, 0) is 67.9 Å². The molecule has 6 heteroatoms. The van der Waals surface area contributed by atoms with Gasteiger partial charge in [0.05, 0.1) is 13.7 Å². The molecule has 0 unspecified atom stereocenters. The lowest BCUT2D eigenvalue weighted by molar-refractivity contribution is 0.0761. The summed E-state index contributed by atoms with van der Waals surface area (Å²) in [6.45, 7) is 4.82. The van der Waals surface area contributed by atoms with Crippen LogP contribution in [0.2, 0.25) is 0 Å². The number of carbonyl (C=O) groups excluding carboxylic acids is 1. The molecule has 1 aliphatic rings. The van der Waals surface area contributed by atoms with Crippen LogP contribution in [-0.4, -0.2) is 62.1 Å². The van der Waals surface area contributed by atoms with Crippen LogP contribution in [0.15, 0.2) is 48.5 Å². The summed E-state index contributed by atoms with van der Waals surface area (Å²) in [5.74, 6) is 1.31. The Kier molecular flexibility index (Phi) is 7.25. The third-order valence-electron chi connectivity index (χ3n) is 4.91. The van der Waals surface area contributed by atoms with Gasteiger partial charge < -0.3 is 19.3 Å². The van der Waals surface area contributed by atoms with Crippen LogP contribution in [0.3, 0.4) is 0 Å². The predicted octanol–water partition coefficient (Wildman–Crippen LogP) is 3.45. The number of hydrogen-bond donors (Lipinski definition) is 0. The minimum atomic E-state index is -0.324. The van der Waals surface area contributed by atoms with Gasteiger partial charge in [0.1, 0.15) is 17.3 Å². The Morgan fingerprint density at radius 2 is 1.68 bits per heavy atom. The first kappa shape index (κ1) is 20.1. The Morgan fingerprint density at radius 3 is 2.39 bits per heavy atom. The largest absolute Gasteiger partial charge is 0.497 e. The van der Waals surface area contributed by atoms with Crippen LogP contribution >= 0.6 is 0 Å². The van der Waals surface area contributed by atoms with Crippen molar-refractivity contribution < 1.29 is 18.7 Å². The standard InChI is InChI=1S/C22H27FN2O3/c1-27-20-8-10-21(11-9-20)28-17-3-13-24-12-2-14-25(16-15-24)22(26)18-4-6-19(23)7-5-18/h4-11H,2-3,12-17H2,1H3. The number of carbonyl (C=O) groups is 1. The second-order valence-corrected chi connectivity index (χ2v) is 6.87. The summed E-state index contributed by atoms with van der Waals surface area (Å²) in [6, 6.07) is 13.4. The molecule has 0 saturated carbocycles. The monoisotopic (exact) mass is 386 g/mol. The van der Waals surface area contributed by atoms with Gasteiger partial charge in [0, 0.05) is 31.7 Å². The Labute approximate surface area is 165 Å². The third kappa shape index (κ3) is 5.70. The molecule has 1 saturated heterocycles. The smallest absolute Gasteiger partial charge is 0.253 e. The molecule has 1 aliphatic heterocycles. The fourth-order valence-corrected chi connectivity index (χ4v) is 3.32. The second-order valence-electron chi connectivity index (χ2n) is 6.87. The molecule has 150 valence electrons. The SMILES string of the molecule is COc1ccc(OCCCN2CCCN(C(=O)c3ccc(F)cc3)CC2)cc1. The summed E-state index contributed by atoms with van der Waals surface area (Å²) in [7, 11) is 1.64. The van der Waals surface area contributed by atoms with Gasteiger partial charge in [-0.1, -0.05) is 0 Å². The third-order valence-corrected chi connectivity index (χ3v) is 4.91. The highest BCUT2D eigenvalue weighted by atomic mass is 19.1. The van der Waals surface area contributed by atoms with Gasteiger partial charge in [-0.3, -0.25) is 4.79 Å². The molecule has 0 atom stereocenters. The quantitative estimate of drug-likeness (QED) is 0.684. The van der Waals surface area contributed by atoms with Gasteiger partial charge in [-0.25, -0.2) is 4.39 Å². The Hall–Kier alpha value is -2.60. The molecule has 1 amide bonds. The number of halogens is 1. The van der Waals surface area contributed by atoms with E-state index in [0.29, 0.717) is 18.7 Å². The van der Waals surface area contributed by atoms with E-state index < -0.39 is 0 Å². The maximum absolute atomic E-state index is 13.1. The lowest BCUT2D eigenvalue weighted by atomic mass is 10.2. The molecule has 1 heterocycles. The highest BCUT2D eigenvalue weighted by Gasteiger charge is 2.20. The van der Waals surface area contributed by atoms with E-state index in [1.807, 2.05) is 29.2 Å². The van der Waals surface area contributed by atoms with Crippen molar-refractivity contribution in [1.29, 1.82) is 0 Å². The van der Waals surface area contributed by atoms with Crippen molar-refractivity contribution in [3.63, 3.8) is 0 Å².